The molecule has 1 aromatic heterocycles. The zero-order chi connectivity index (χ0) is 14.7. The summed E-state index contributed by atoms with van der Waals surface area (Å²) in [5.74, 6) is 1.01. The first kappa shape index (κ1) is 14.0. The smallest absolute Gasteiger partial charge is 0.146 e. The van der Waals surface area contributed by atoms with Crippen LogP contribution in [0.2, 0.25) is 0 Å². The van der Waals surface area contributed by atoms with Gasteiger partial charge < -0.3 is 10.6 Å². The van der Waals surface area contributed by atoms with E-state index in [2.05, 4.69) is 28.8 Å². The van der Waals surface area contributed by atoms with Gasteiger partial charge in [0.25, 0.3) is 0 Å². The van der Waals surface area contributed by atoms with Crippen molar-refractivity contribution >= 4 is 11.5 Å². The number of aromatic nitrogens is 3. The normalized spacial score (nSPS) is 10.8. The Balaban J connectivity index is 2.13. The molecule has 0 aliphatic heterocycles. The summed E-state index contributed by atoms with van der Waals surface area (Å²) in [6.45, 7) is 4.84. The fraction of sp³-hybridized carbons (Fsp3) is 0.357. The van der Waals surface area contributed by atoms with Crippen LogP contribution in [-0.2, 0) is 6.54 Å². The highest BCUT2D eigenvalue weighted by molar-refractivity contribution is 5.95. The maximum Gasteiger partial charge on any atom is 0.146 e. The number of nitrogens with zero attached hydrogens (tertiary/aromatic N) is 4. The van der Waals surface area contributed by atoms with Crippen LogP contribution in [0.4, 0.5) is 5.69 Å². The molecule has 0 radical (unpaired) electrons. The highest BCUT2D eigenvalue weighted by Crippen LogP contribution is 2.16. The van der Waals surface area contributed by atoms with Crippen molar-refractivity contribution in [2.45, 2.75) is 26.4 Å². The summed E-state index contributed by atoms with van der Waals surface area (Å²) in [5, 5.41) is 11.6. The molecule has 0 amide bonds. The molecule has 1 aromatic carbocycles. The van der Waals surface area contributed by atoms with Crippen molar-refractivity contribution in [1.29, 1.82) is 5.41 Å². The van der Waals surface area contributed by atoms with Gasteiger partial charge in [-0.25, -0.2) is 9.67 Å². The Hall–Kier alpha value is -2.37. The Morgan fingerprint density at radius 1 is 1.35 bits per heavy atom. The fourth-order valence-electron chi connectivity index (χ4n) is 2.02. The van der Waals surface area contributed by atoms with Crippen molar-refractivity contribution in [1.82, 2.24) is 14.8 Å². The van der Waals surface area contributed by atoms with E-state index in [0.717, 1.165) is 17.1 Å². The van der Waals surface area contributed by atoms with Crippen LogP contribution in [0.3, 0.4) is 0 Å². The molecule has 0 spiro atoms. The van der Waals surface area contributed by atoms with Crippen LogP contribution in [0.15, 0.2) is 30.6 Å². The van der Waals surface area contributed by atoms with E-state index in [9.17, 15) is 0 Å². The summed E-state index contributed by atoms with van der Waals surface area (Å²) >= 11 is 0. The molecule has 0 fully saturated rings. The highest BCUT2D eigenvalue weighted by atomic mass is 15.4. The van der Waals surface area contributed by atoms with E-state index in [0.29, 0.717) is 12.6 Å². The zero-order valence-corrected chi connectivity index (χ0v) is 12.0. The first-order chi connectivity index (χ1) is 9.49. The molecule has 3 N–H and O–H groups in total. The van der Waals surface area contributed by atoms with Gasteiger partial charge in [-0.3, -0.25) is 5.41 Å². The first-order valence-electron chi connectivity index (χ1n) is 6.53. The van der Waals surface area contributed by atoms with Gasteiger partial charge in [-0.15, -0.1) is 0 Å². The quantitative estimate of drug-likeness (QED) is 0.642. The number of nitrogens with one attached hydrogen (secondary N) is 1. The molecular formula is C14H20N6. The molecule has 0 atom stereocenters. The predicted octanol–water partition coefficient (Wildman–Crippen LogP) is 1.78. The van der Waals surface area contributed by atoms with Crippen LogP contribution < -0.4 is 10.6 Å². The molecule has 0 bridgehead atoms. The van der Waals surface area contributed by atoms with Crippen LogP contribution >= 0.6 is 0 Å². The lowest BCUT2D eigenvalue weighted by molar-refractivity contribution is 0.503. The summed E-state index contributed by atoms with van der Waals surface area (Å²) in [6, 6.07) is 7.89. The topological polar surface area (TPSA) is 83.8 Å². The van der Waals surface area contributed by atoms with Gasteiger partial charge in [-0.2, -0.15) is 5.10 Å². The van der Waals surface area contributed by atoms with Crippen LogP contribution in [0.1, 0.15) is 31.3 Å². The van der Waals surface area contributed by atoms with Gasteiger partial charge >= 0.3 is 0 Å². The summed E-state index contributed by atoms with van der Waals surface area (Å²) in [6.07, 6.45) is 1.59. The number of anilines is 1. The third-order valence-corrected chi connectivity index (χ3v) is 3.13. The monoisotopic (exact) mass is 272 g/mol. The van der Waals surface area contributed by atoms with E-state index < -0.39 is 0 Å². The predicted molar refractivity (Wildman–Crippen MR) is 80.0 cm³/mol. The van der Waals surface area contributed by atoms with Crippen molar-refractivity contribution in [3.05, 3.63) is 42.0 Å². The number of rotatable bonds is 5. The van der Waals surface area contributed by atoms with E-state index in [1.165, 1.54) is 0 Å². The highest BCUT2D eigenvalue weighted by Gasteiger charge is 2.10. The molecule has 106 valence electrons. The number of benzene rings is 1. The van der Waals surface area contributed by atoms with Crippen LogP contribution in [0.25, 0.3) is 0 Å². The second kappa shape index (κ2) is 5.73. The van der Waals surface area contributed by atoms with Gasteiger partial charge in [0.05, 0.1) is 6.54 Å². The second-order valence-corrected chi connectivity index (χ2v) is 5.03. The minimum Gasteiger partial charge on any atom is -0.384 e. The Kier molecular flexibility index (Phi) is 4.02. The number of hydrogen-bond acceptors (Lipinski definition) is 4. The van der Waals surface area contributed by atoms with Gasteiger partial charge in [0.1, 0.15) is 18.0 Å². The Morgan fingerprint density at radius 3 is 2.55 bits per heavy atom. The molecule has 6 nitrogen and oxygen atoms in total. The minimum absolute atomic E-state index is 0.0822. The summed E-state index contributed by atoms with van der Waals surface area (Å²) in [4.78, 5) is 6.39. The van der Waals surface area contributed by atoms with Gasteiger partial charge in [0.15, 0.2) is 0 Å². The standard InChI is InChI=1S/C14H20N6/c1-10(2)20-13(17-9-18-20)8-19(3)12-6-4-11(5-7-12)14(15)16/h4-7,9-10H,8H2,1-3H3,(H3,15,16). The number of nitrogens with two attached hydrogens (primary N) is 1. The molecule has 0 saturated heterocycles. The van der Waals surface area contributed by atoms with Crippen molar-refractivity contribution in [2.75, 3.05) is 11.9 Å². The largest absolute Gasteiger partial charge is 0.384 e. The maximum atomic E-state index is 7.39. The van der Waals surface area contributed by atoms with E-state index in [-0.39, 0.29) is 5.84 Å². The van der Waals surface area contributed by atoms with Crippen molar-refractivity contribution < 1.29 is 0 Å². The van der Waals surface area contributed by atoms with Gasteiger partial charge in [0.2, 0.25) is 0 Å². The molecule has 1 heterocycles. The molecule has 0 aliphatic carbocycles. The number of nitrogen functional groups attached to an aromatic ring is 1. The average molecular weight is 272 g/mol. The average Bonchev–Trinajstić information content (AvgIpc) is 2.87. The van der Waals surface area contributed by atoms with E-state index >= 15 is 0 Å². The molecule has 2 aromatic rings. The first-order valence-corrected chi connectivity index (χ1v) is 6.53. The third-order valence-electron chi connectivity index (χ3n) is 3.13. The molecule has 0 unspecified atom stereocenters. The SMILES string of the molecule is CC(C)n1ncnc1CN(C)c1ccc(C(=N)N)cc1. The number of amidine groups is 1. The summed E-state index contributed by atoms with van der Waals surface area (Å²) in [5.41, 5.74) is 7.23. The van der Waals surface area contributed by atoms with Gasteiger partial charge in [-0.05, 0) is 38.1 Å². The van der Waals surface area contributed by atoms with Crippen molar-refractivity contribution in [2.24, 2.45) is 5.73 Å². The second-order valence-electron chi connectivity index (χ2n) is 5.03. The van der Waals surface area contributed by atoms with Crippen LogP contribution in [-0.4, -0.2) is 27.6 Å². The Bertz CT molecular complexity index is 584. The summed E-state index contributed by atoms with van der Waals surface area (Å²) in [7, 11) is 2.00. The van der Waals surface area contributed by atoms with Crippen LogP contribution in [0.5, 0.6) is 0 Å². The molecule has 20 heavy (non-hydrogen) atoms. The van der Waals surface area contributed by atoms with Crippen molar-refractivity contribution in [3.63, 3.8) is 0 Å². The lowest BCUT2D eigenvalue weighted by Crippen LogP contribution is -2.21. The van der Waals surface area contributed by atoms with Gasteiger partial charge in [-0.1, -0.05) is 0 Å². The maximum absolute atomic E-state index is 7.39. The van der Waals surface area contributed by atoms with E-state index in [4.69, 9.17) is 11.1 Å². The minimum atomic E-state index is 0.0822. The molecular weight excluding hydrogens is 252 g/mol. The van der Waals surface area contributed by atoms with Crippen molar-refractivity contribution in [3.8, 4) is 0 Å². The van der Waals surface area contributed by atoms with Crippen LogP contribution in [0, 0.1) is 5.41 Å². The van der Waals surface area contributed by atoms with E-state index in [1.54, 1.807) is 6.33 Å². The Morgan fingerprint density at radius 2 is 2.00 bits per heavy atom. The lowest BCUT2D eigenvalue weighted by atomic mass is 10.2. The number of hydrogen-bond donors (Lipinski definition) is 2. The lowest BCUT2D eigenvalue weighted by Gasteiger charge is -2.20. The molecule has 6 heteroatoms. The van der Waals surface area contributed by atoms with E-state index in [1.807, 2.05) is 36.0 Å². The Labute approximate surface area is 118 Å². The third kappa shape index (κ3) is 2.96. The summed E-state index contributed by atoms with van der Waals surface area (Å²) < 4.78 is 1.92. The zero-order valence-electron chi connectivity index (χ0n) is 12.0. The molecule has 0 aliphatic rings. The molecule has 2 rings (SSSR count). The molecule has 0 saturated carbocycles. The van der Waals surface area contributed by atoms with Gasteiger partial charge in [0, 0.05) is 24.3 Å². The fourth-order valence-corrected chi connectivity index (χ4v) is 2.02.